The van der Waals surface area contributed by atoms with Crippen LogP contribution in [0, 0.1) is 0 Å². The molecule has 2 N–H and O–H groups in total. The first-order valence-electron chi connectivity index (χ1n) is 5.58. The van der Waals surface area contributed by atoms with Crippen LogP contribution in [0.15, 0.2) is 23.6 Å². The third-order valence-electron chi connectivity index (χ3n) is 2.78. The van der Waals surface area contributed by atoms with Crippen LogP contribution in [0.1, 0.15) is 30.1 Å². The van der Waals surface area contributed by atoms with E-state index in [4.69, 9.17) is 5.11 Å². The van der Waals surface area contributed by atoms with Gasteiger partial charge >= 0.3 is 5.97 Å². The lowest BCUT2D eigenvalue weighted by atomic mass is 10.2. The fourth-order valence-corrected chi connectivity index (χ4v) is 1.88. The Labute approximate surface area is 98.8 Å². The number of quaternary nitrogens is 1. The molecule has 90 valence electrons. The van der Waals surface area contributed by atoms with Crippen LogP contribution in [0.25, 0.3) is 0 Å². The van der Waals surface area contributed by atoms with Gasteiger partial charge in [-0.2, -0.15) is 5.10 Å². The minimum absolute atomic E-state index is 0.162. The summed E-state index contributed by atoms with van der Waals surface area (Å²) in [7, 11) is 0. The first-order chi connectivity index (χ1) is 8.19. The summed E-state index contributed by atoms with van der Waals surface area (Å²) in [6.45, 7) is 2.82. The SMILES string of the molecule is CCCC[N+]1(c2[nH]ncc2C(=O)O)C=CC=N1. The average molecular weight is 235 g/mol. The van der Waals surface area contributed by atoms with E-state index in [9.17, 15) is 4.79 Å². The molecule has 0 radical (unpaired) electrons. The van der Waals surface area contributed by atoms with Gasteiger partial charge in [-0.05, 0) is 6.42 Å². The van der Waals surface area contributed by atoms with E-state index in [1.54, 1.807) is 6.21 Å². The van der Waals surface area contributed by atoms with Crippen molar-refractivity contribution < 1.29 is 9.90 Å². The summed E-state index contributed by atoms with van der Waals surface area (Å²) in [5, 5.41) is 20.0. The highest BCUT2D eigenvalue weighted by atomic mass is 16.4. The third-order valence-corrected chi connectivity index (χ3v) is 2.78. The standard InChI is InChI=1S/C11H14N4O2/c1-2-3-6-15(7-4-5-13-15)10-9(11(16)17)8-12-14-10/h4-5,7-8H,2-3,6H2,1H3,(H-,12,14,16,17)/p+1. The molecular formula is C11H15N4O2+. The molecule has 0 amide bonds. The van der Waals surface area contributed by atoms with Crippen molar-refractivity contribution in [3.05, 3.63) is 24.0 Å². The van der Waals surface area contributed by atoms with Crippen molar-refractivity contribution >= 4 is 18.0 Å². The Morgan fingerprint density at radius 2 is 2.41 bits per heavy atom. The molecule has 1 unspecified atom stereocenters. The van der Waals surface area contributed by atoms with Crippen molar-refractivity contribution in [3.8, 4) is 0 Å². The van der Waals surface area contributed by atoms with Gasteiger partial charge in [-0.1, -0.05) is 18.4 Å². The number of rotatable bonds is 5. The number of carboxylic acids is 1. The lowest BCUT2D eigenvalue weighted by molar-refractivity contribution is 0.0695. The Morgan fingerprint density at radius 1 is 1.59 bits per heavy atom. The van der Waals surface area contributed by atoms with Crippen molar-refractivity contribution in [3.63, 3.8) is 0 Å². The number of aromatic nitrogens is 2. The summed E-state index contributed by atoms with van der Waals surface area (Å²) in [5.41, 5.74) is 0.171. The predicted octanol–water partition coefficient (Wildman–Crippen LogP) is 1.73. The lowest BCUT2D eigenvalue weighted by Gasteiger charge is -2.23. The fourth-order valence-electron chi connectivity index (χ4n) is 1.88. The number of H-pyrrole nitrogens is 1. The van der Waals surface area contributed by atoms with Crippen LogP contribution in [0.4, 0.5) is 5.82 Å². The summed E-state index contributed by atoms with van der Waals surface area (Å²) in [5.74, 6) is -0.478. The lowest BCUT2D eigenvalue weighted by Crippen LogP contribution is -2.38. The molecule has 6 nitrogen and oxygen atoms in total. The molecule has 1 aromatic rings. The number of hydrogen-bond acceptors (Lipinski definition) is 3. The molecule has 1 aromatic heterocycles. The van der Waals surface area contributed by atoms with Crippen LogP contribution < -0.4 is 4.59 Å². The summed E-state index contributed by atoms with van der Waals surface area (Å²) < 4.78 is 0.162. The molecule has 0 saturated carbocycles. The largest absolute Gasteiger partial charge is 0.477 e. The Morgan fingerprint density at radius 3 is 3.00 bits per heavy atom. The van der Waals surface area contributed by atoms with Gasteiger partial charge in [0.25, 0.3) is 5.82 Å². The summed E-state index contributed by atoms with van der Waals surface area (Å²) in [6.07, 6.45) is 8.69. The first kappa shape index (κ1) is 11.5. The van der Waals surface area contributed by atoms with E-state index in [0.717, 1.165) is 19.4 Å². The highest BCUT2D eigenvalue weighted by Crippen LogP contribution is 2.29. The number of nitrogens with one attached hydrogen (secondary N) is 1. The minimum atomic E-state index is -0.988. The van der Waals surface area contributed by atoms with Gasteiger partial charge in [0.05, 0.1) is 12.4 Å². The van der Waals surface area contributed by atoms with Gasteiger partial charge in [-0.25, -0.2) is 9.89 Å². The topological polar surface area (TPSA) is 78.3 Å². The second kappa shape index (κ2) is 4.50. The molecule has 6 heteroatoms. The number of nitrogens with zero attached hydrogens (tertiary/aromatic N) is 3. The Balaban J connectivity index is 2.40. The minimum Gasteiger partial charge on any atom is -0.477 e. The molecule has 1 aliphatic heterocycles. The van der Waals surface area contributed by atoms with E-state index in [1.165, 1.54) is 6.20 Å². The second-order valence-electron chi connectivity index (χ2n) is 3.95. The van der Waals surface area contributed by atoms with E-state index >= 15 is 0 Å². The Bertz CT molecular complexity index is 464. The summed E-state index contributed by atoms with van der Waals surface area (Å²) in [4.78, 5) is 11.1. The molecule has 1 aliphatic rings. The smallest absolute Gasteiger partial charge is 0.345 e. The highest BCUT2D eigenvalue weighted by Gasteiger charge is 2.36. The average Bonchev–Trinajstić information content (AvgIpc) is 2.95. The van der Waals surface area contributed by atoms with Crippen molar-refractivity contribution in [1.82, 2.24) is 14.8 Å². The molecule has 17 heavy (non-hydrogen) atoms. The molecular weight excluding hydrogens is 220 g/mol. The quantitative estimate of drug-likeness (QED) is 0.763. The molecule has 2 rings (SSSR count). The number of unbranched alkanes of at least 4 members (excludes halogenated alkanes) is 1. The Kier molecular flexibility index (Phi) is 3.06. The predicted molar refractivity (Wildman–Crippen MR) is 64.7 cm³/mol. The zero-order chi connectivity index (χ0) is 12.3. The van der Waals surface area contributed by atoms with Crippen LogP contribution in [0.2, 0.25) is 0 Å². The molecule has 0 aromatic carbocycles. The summed E-state index contributed by atoms with van der Waals surface area (Å²) in [6, 6.07) is 0. The number of carboxylic acid groups (broad SMARTS) is 1. The molecule has 0 aliphatic carbocycles. The van der Waals surface area contributed by atoms with Crippen LogP contribution in [0.5, 0.6) is 0 Å². The maximum atomic E-state index is 11.1. The van der Waals surface area contributed by atoms with Crippen molar-refractivity contribution in [2.24, 2.45) is 5.10 Å². The van der Waals surface area contributed by atoms with E-state index in [-0.39, 0.29) is 10.2 Å². The van der Waals surface area contributed by atoms with Crippen molar-refractivity contribution in [2.45, 2.75) is 19.8 Å². The molecule has 1 atom stereocenters. The van der Waals surface area contributed by atoms with Crippen LogP contribution in [-0.4, -0.2) is 34.0 Å². The number of aromatic amines is 1. The normalized spacial score (nSPS) is 22.2. The molecule has 0 spiro atoms. The maximum absolute atomic E-state index is 11.1. The zero-order valence-electron chi connectivity index (χ0n) is 9.63. The number of hydrogen-bond donors (Lipinski definition) is 2. The highest BCUT2D eigenvalue weighted by molar-refractivity contribution is 5.93. The van der Waals surface area contributed by atoms with E-state index in [1.807, 2.05) is 12.3 Å². The van der Waals surface area contributed by atoms with E-state index in [2.05, 4.69) is 22.2 Å². The van der Waals surface area contributed by atoms with E-state index < -0.39 is 5.97 Å². The monoisotopic (exact) mass is 235 g/mol. The van der Waals surface area contributed by atoms with Crippen LogP contribution in [0.3, 0.4) is 0 Å². The van der Waals surface area contributed by atoms with Gasteiger partial charge in [0.15, 0.2) is 5.56 Å². The fraction of sp³-hybridized carbons (Fsp3) is 0.364. The van der Waals surface area contributed by atoms with Gasteiger partial charge in [0, 0.05) is 6.08 Å². The summed E-state index contributed by atoms with van der Waals surface area (Å²) >= 11 is 0. The maximum Gasteiger partial charge on any atom is 0.345 e. The number of carbonyl (C=O) groups is 1. The van der Waals surface area contributed by atoms with Gasteiger partial charge in [-0.3, -0.25) is 0 Å². The molecule has 0 bridgehead atoms. The molecule has 0 saturated heterocycles. The van der Waals surface area contributed by atoms with Crippen molar-refractivity contribution in [2.75, 3.05) is 6.54 Å². The van der Waals surface area contributed by atoms with Gasteiger partial charge in [0.2, 0.25) is 0 Å². The van der Waals surface area contributed by atoms with Crippen LogP contribution in [-0.2, 0) is 0 Å². The zero-order valence-corrected chi connectivity index (χ0v) is 9.63. The third kappa shape index (κ3) is 1.99. The van der Waals surface area contributed by atoms with Gasteiger partial charge in [-0.15, -0.1) is 4.59 Å². The van der Waals surface area contributed by atoms with Crippen LogP contribution >= 0.6 is 0 Å². The van der Waals surface area contributed by atoms with Gasteiger partial charge < -0.3 is 5.11 Å². The first-order valence-corrected chi connectivity index (χ1v) is 5.58. The van der Waals surface area contributed by atoms with Crippen molar-refractivity contribution in [1.29, 1.82) is 0 Å². The van der Waals surface area contributed by atoms with E-state index in [0.29, 0.717) is 5.82 Å². The van der Waals surface area contributed by atoms with Gasteiger partial charge in [0.1, 0.15) is 12.7 Å². The Hall–Kier alpha value is -1.95. The molecule has 2 heterocycles. The number of allylic oxidation sites excluding steroid dienone is 1. The second-order valence-corrected chi connectivity index (χ2v) is 3.95. The molecule has 0 fully saturated rings. The number of aromatic carboxylic acids is 1.